The highest BCUT2D eigenvalue weighted by atomic mass is 35.5. The maximum atomic E-state index is 11.4. The van der Waals surface area contributed by atoms with Crippen molar-refractivity contribution in [2.45, 2.75) is 20.4 Å². The third-order valence-corrected chi connectivity index (χ3v) is 3.09. The lowest BCUT2D eigenvalue weighted by atomic mass is 10.1. The lowest BCUT2D eigenvalue weighted by Gasteiger charge is -2.08. The fraction of sp³-hybridized carbons (Fsp3) is 0.308. The highest BCUT2D eigenvalue weighted by molar-refractivity contribution is 6.31. The van der Waals surface area contributed by atoms with Gasteiger partial charge in [-0.2, -0.15) is 0 Å². The van der Waals surface area contributed by atoms with Crippen LogP contribution in [-0.4, -0.2) is 17.6 Å². The molecular weight excluding hydrogens is 238 g/mol. The van der Waals surface area contributed by atoms with Crippen molar-refractivity contribution in [2.24, 2.45) is 0 Å². The van der Waals surface area contributed by atoms with Gasteiger partial charge < -0.3 is 9.30 Å². The first-order valence-corrected chi connectivity index (χ1v) is 5.73. The van der Waals surface area contributed by atoms with Gasteiger partial charge in [0, 0.05) is 16.1 Å². The molecule has 2 aromatic rings. The molecule has 0 saturated carbocycles. The van der Waals surface area contributed by atoms with Gasteiger partial charge in [0.15, 0.2) is 0 Å². The van der Waals surface area contributed by atoms with Gasteiger partial charge >= 0.3 is 5.97 Å². The smallest absolute Gasteiger partial charge is 0.325 e. The van der Waals surface area contributed by atoms with Crippen LogP contribution < -0.4 is 0 Å². The molecule has 0 aliphatic heterocycles. The Morgan fingerprint density at radius 1 is 1.35 bits per heavy atom. The molecule has 0 bridgehead atoms. The molecule has 90 valence electrons. The molecule has 0 saturated heterocycles. The van der Waals surface area contributed by atoms with Crippen LogP contribution in [0.4, 0.5) is 0 Å². The topological polar surface area (TPSA) is 31.2 Å². The zero-order valence-electron chi connectivity index (χ0n) is 10.1. The SMILES string of the molecule is COC(=O)Cn1c(C)cc2cc(Cl)cc(C)c21. The van der Waals surface area contributed by atoms with E-state index in [2.05, 4.69) is 0 Å². The van der Waals surface area contributed by atoms with E-state index in [-0.39, 0.29) is 12.5 Å². The van der Waals surface area contributed by atoms with Crippen molar-refractivity contribution in [3.05, 3.63) is 34.5 Å². The minimum absolute atomic E-state index is 0.230. The van der Waals surface area contributed by atoms with E-state index in [0.717, 1.165) is 22.2 Å². The summed E-state index contributed by atoms with van der Waals surface area (Å²) >= 11 is 6.02. The minimum atomic E-state index is -0.250. The average Bonchev–Trinajstić information content (AvgIpc) is 2.55. The number of benzene rings is 1. The number of esters is 1. The van der Waals surface area contributed by atoms with E-state index in [4.69, 9.17) is 16.3 Å². The quantitative estimate of drug-likeness (QED) is 0.768. The molecule has 17 heavy (non-hydrogen) atoms. The molecule has 0 N–H and O–H groups in total. The molecule has 0 amide bonds. The lowest BCUT2D eigenvalue weighted by Crippen LogP contribution is -2.12. The highest BCUT2D eigenvalue weighted by Gasteiger charge is 2.12. The number of aromatic nitrogens is 1. The number of rotatable bonds is 2. The maximum Gasteiger partial charge on any atom is 0.325 e. The Hall–Kier alpha value is -1.48. The number of carbonyl (C=O) groups excluding carboxylic acids is 1. The zero-order chi connectivity index (χ0) is 12.6. The van der Waals surface area contributed by atoms with E-state index in [0.29, 0.717) is 5.02 Å². The molecule has 2 rings (SSSR count). The summed E-state index contributed by atoms with van der Waals surface area (Å²) in [5, 5.41) is 1.77. The molecule has 0 fully saturated rings. The molecule has 4 heteroatoms. The van der Waals surface area contributed by atoms with Gasteiger partial charge in [0.2, 0.25) is 0 Å². The second kappa shape index (κ2) is 4.41. The van der Waals surface area contributed by atoms with Gasteiger partial charge in [-0.1, -0.05) is 11.6 Å². The Morgan fingerprint density at radius 2 is 2.06 bits per heavy atom. The molecule has 0 atom stereocenters. The maximum absolute atomic E-state index is 11.4. The van der Waals surface area contributed by atoms with Gasteiger partial charge in [-0.15, -0.1) is 0 Å². The Balaban J connectivity index is 2.62. The van der Waals surface area contributed by atoms with Crippen LogP contribution in [0.1, 0.15) is 11.3 Å². The van der Waals surface area contributed by atoms with Crippen LogP contribution in [0.3, 0.4) is 0 Å². The van der Waals surface area contributed by atoms with Crippen molar-refractivity contribution >= 4 is 28.5 Å². The van der Waals surface area contributed by atoms with E-state index in [1.807, 2.05) is 36.6 Å². The molecule has 0 spiro atoms. The number of fused-ring (bicyclic) bond motifs is 1. The molecule has 0 aliphatic rings. The summed E-state index contributed by atoms with van der Waals surface area (Å²) in [5.74, 6) is -0.250. The minimum Gasteiger partial charge on any atom is -0.468 e. The van der Waals surface area contributed by atoms with E-state index in [1.165, 1.54) is 7.11 Å². The Bertz CT molecular complexity index is 587. The van der Waals surface area contributed by atoms with Gasteiger partial charge in [0.05, 0.1) is 12.6 Å². The summed E-state index contributed by atoms with van der Waals surface area (Å²) in [7, 11) is 1.40. The Morgan fingerprint density at radius 3 is 2.71 bits per heavy atom. The second-order valence-corrected chi connectivity index (χ2v) is 4.54. The largest absolute Gasteiger partial charge is 0.468 e. The molecule has 3 nitrogen and oxygen atoms in total. The van der Waals surface area contributed by atoms with Crippen molar-refractivity contribution in [1.82, 2.24) is 4.57 Å². The van der Waals surface area contributed by atoms with Crippen LogP contribution in [0.25, 0.3) is 10.9 Å². The van der Waals surface area contributed by atoms with Crippen LogP contribution in [0.5, 0.6) is 0 Å². The molecule has 1 aromatic carbocycles. The third kappa shape index (κ3) is 2.15. The van der Waals surface area contributed by atoms with Crippen LogP contribution in [0, 0.1) is 13.8 Å². The van der Waals surface area contributed by atoms with E-state index >= 15 is 0 Å². The van der Waals surface area contributed by atoms with Gasteiger partial charge in [-0.3, -0.25) is 4.79 Å². The number of methoxy groups -OCH3 is 1. The van der Waals surface area contributed by atoms with Crippen molar-refractivity contribution in [1.29, 1.82) is 0 Å². The summed E-state index contributed by atoms with van der Waals surface area (Å²) < 4.78 is 6.66. The number of ether oxygens (including phenoxy) is 1. The first-order chi connectivity index (χ1) is 8.02. The summed E-state index contributed by atoms with van der Waals surface area (Å²) in [6.45, 7) is 4.19. The van der Waals surface area contributed by atoms with Crippen LogP contribution >= 0.6 is 11.6 Å². The van der Waals surface area contributed by atoms with Gasteiger partial charge in [-0.25, -0.2) is 0 Å². The fourth-order valence-electron chi connectivity index (χ4n) is 2.12. The fourth-order valence-corrected chi connectivity index (χ4v) is 2.40. The number of hydrogen-bond donors (Lipinski definition) is 0. The van der Waals surface area contributed by atoms with Gasteiger partial charge in [0.1, 0.15) is 6.54 Å². The normalized spacial score (nSPS) is 10.8. The number of nitrogens with zero attached hydrogens (tertiary/aromatic N) is 1. The molecule has 0 unspecified atom stereocenters. The number of carbonyl (C=O) groups is 1. The van der Waals surface area contributed by atoms with Crippen molar-refractivity contribution < 1.29 is 9.53 Å². The van der Waals surface area contributed by atoms with Crippen molar-refractivity contribution in [2.75, 3.05) is 7.11 Å². The molecule has 1 heterocycles. The van der Waals surface area contributed by atoms with Gasteiger partial charge in [-0.05, 0) is 37.6 Å². The first-order valence-electron chi connectivity index (χ1n) is 5.35. The third-order valence-electron chi connectivity index (χ3n) is 2.87. The predicted octanol–water partition coefficient (Wildman–Crippen LogP) is 3.08. The zero-order valence-corrected chi connectivity index (χ0v) is 10.8. The number of halogens is 1. The number of aryl methyl sites for hydroxylation is 2. The Labute approximate surface area is 105 Å². The van der Waals surface area contributed by atoms with Crippen LogP contribution in [0.2, 0.25) is 5.02 Å². The summed E-state index contributed by atoms with van der Waals surface area (Å²) in [5.41, 5.74) is 3.12. The van der Waals surface area contributed by atoms with E-state index in [9.17, 15) is 4.79 Å². The standard InChI is InChI=1S/C13H14ClNO2/c1-8-4-11(14)6-10-5-9(2)15(13(8)10)7-12(16)17-3/h4-6H,7H2,1-3H3. The summed E-state index contributed by atoms with van der Waals surface area (Å²) in [4.78, 5) is 11.4. The second-order valence-electron chi connectivity index (χ2n) is 4.11. The molecule has 1 aromatic heterocycles. The number of hydrogen-bond acceptors (Lipinski definition) is 2. The van der Waals surface area contributed by atoms with Gasteiger partial charge in [0.25, 0.3) is 0 Å². The summed E-state index contributed by atoms with van der Waals surface area (Å²) in [6, 6.07) is 5.83. The molecular formula is C13H14ClNO2. The first kappa shape index (κ1) is 12.0. The lowest BCUT2D eigenvalue weighted by molar-refractivity contribution is -0.141. The monoisotopic (exact) mass is 251 g/mol. The van der Waals surface area contributed by atoms with E-state index < -0.39 is 0 Å². The molecule has 0 aliphatic carbocycles. The summed E-state index contributed by atoms with van der Waals surface area (Å²) in [6.07, 6.45) is 0. The average molecular weight is 252 g/mol. The van der Waals surface area contributed by atoms with Crippen molar-refractivity contribution in [3.63, 3.8) is 0 Å². The predicted molar refractivity (Wildman–Crippen MR) is 68.4 cm³/mol. The Kier molecular flexibility index (Phi) is 3.11. The highest BCUT2D eigenvalue weighted by Crippen LogP contribution is 2.26. The van der Waals surface area contributed by atoms with Crippen LogP contribution in [0.15, 0.2) is 18.2 Å². The van der Waals surface area contributed by atoms with E-state index in [1.54, 1.807) is 0 Å². The molecule has 0 radical (unpaired) electrons. The van der Waals surface area contributed by atoms with Crippen LogP contribution in [-0.2, 0) is 16.1 Å². The van der Waals surface area contributed by atoms with Crippen molar-refractivity contribution in [3.8, 4) is 0 Å².